The molecule has 1 heterocycles. The zero-order valence-electron chi connectivity index (χ0n) is 23.4. The van der Waals surface area contributed by atoms with Crippen LogP contribution >= 0.6 is 12.6 Å². The number of sulfonamides is 2. The SMILES string of the molecule is CC(C)CN(NC(=O)[C@@H]1C[C@@H](S)CN1S(=O)(=O)c1ccc2ccccc2c1)S(=O)(=O)c1ccc(C(C)(C)C)cc1. The van der Waals surface area contributed by atoms with Crippen LogP contribution in [0.3, 0.4) is 0 Å². The highest BCUT2D eigenvalue weighted by molar-refractivity contribution is 7.89. The van der Waals surface area contributed by atoms with Gasteiger partial charge >= 0.3 is 0 Å². The molecule has 0 bridgehead atoms. The summed E-state index contributed by atoms with van der Waals surface area (Å²) in [4.78, 5) is 13.7. The molecule has 0 saturated carbocycles. The van der Waals surface area contributed by atoms with Gasteiger partial charge in [-0.25, -0.2) is 16.8 Å². The molecule has 0 spiro atoms. The van der Waals surface area contributed by atoms with Crippen molar-refractivity contribution in [3.63, 3.8) is 0 Å². The van der Waals surface area contributed by atoms with Gasteiger partial charge in [0.2, 0.25) is 10.0 Å². The zero-order valence-corrected chi connectivity index (χ0v) is 25.9. The normalized spacial score (nSPS) is 19.0. The van der Waals surface area contributed by atoms with Crippen LogP contribution < -0.4 is 5.43 Å². The summed E-state index contributed by atoms with van der Waals surface area (Å²) in [5.41, 5.74) is 3.37. The summed E-state index contributed by atoms with van der Waals surface area (Å²) in [5, 5.41) is 1.28. The fourth-order valence-electron chi connectivity index (χ4n) is 4.74. The van der Waals surface area contributed by atoms with Crippen molar-refractivity contribution in [2.45, 2.75) is 67.5 Å². The van der Waals surface area contributed by atoms with Crippen molar-refractivity contribution in [3.05, 3.63) is 72.3 Å². The van der Waals surface area contributed by atoms with Crippen LogP contribution in [0.4, 0.5) is 0 Å². The van der Waals surface area contributed by atoms with Gasteiger partial charge in [-0.05, 0) is 58.4 Å². The zero-order chi connectivity index (χ0) is 29.5. The molecule has 0 aliphatic carbocycles. The summed E-state index contributed by atoms with van der Waals surface area (Å²) in [6, 6.07) is 17.7. The minimum atomic E-state index is -4.11. The maximum atomic E-state index is 13.7. The van der Waals surface area contributed by atoms with Crippen LogP contribution in [0.25, 0.3) is 10.8 Å². The van der Waals surface area contributed by atoms with Gasteiger partial charge in [0.15, 0.2) is 0 Å². The molecule has 0 unspecified atom stereocenters. The van der Waals surface area contributed by atoms with Crippen molar-refractivity contribution in [3.8, 4) is 0 Å². The number of rotatable bonds is 8. The van der Waals surface area contributed by atoms with E-state index >= 15 is 0 Å². The lowest BCUT2D eigenvalue weighted by Gasteiger charge is -2.29. The smallest absolute Gasteiger partial charge is 0.259 e. The average Bonchev–Trinajstić information content (AvgIpc) is 3.30. The Morgan fingerprint density at radius 3 is 2.17 bits per heavy atom. The largest absolute Gasteiger partial charge is 0.274 e. The van der Waals surface area contributed by atoms with Crippen molar-refractivity contribution in [1.82, 2.24) is 14.1 Å². The van der Waals surface area contributed by atoms with Crippen molar-refractivity contribution < 1.29 is 21.6 Å². The maximum Gasteiger partial charge on any atom is 0.259 e. The Hall–Kier alpha value is -2.44. The van der Waals surface area contributed by atoms with Crippen molar-refractivity contribution in [2.75, 3.05) is 13.1 Å². The van der Waals surface area contributed by atoms with E-state index in [2.05, 4.69) is 18.1 Å². The number of hydrogen-bond acceptors (Lipinski definition) is 6. The number of fused-ring (bicyclic) bond motifs is 1. The van der Waals surface area contributed by atoms with Crippen molar-refractivity contribution in [2.24, 2.45) is 5.92 Å². The van der Waals surface area contributed by atoms with Crippen LogP contribution in [-0.4, -0.2) is 55.8 Å². The van der Waals surface area contributed by atoms with E-state index in [9.17, 15) is 21.6 Å². The summed E-state index contributed by atoms with van der Waals surface area (Å²) < 4.78 is 56.7. The molecule has 1 amide bonds. The molecule has 0 radical (unpaired) electrons. The summed E-state index contributed by atoms with van der Waals surface area (Å²) in [6.07, 6.45) is 0.150. The summed E-state index contributed by atoms with van der Waals surface area (Å²) in [7, 11) is -8.18. The van der Waals surface area contributed by atoms with Crippen LogP contribution in [0, 0.1) is 5.92 Å². The van der Waals surface area contributed by atoms with E-state index in [1.807, 2.05) is 58.9 Å². The number of amides is 1. The lowest BCUT2D eigenvalue weighted by atomic mass is 9.87. The predicted octanol–water partition coefficient (Wildman–Crippen LogP) is 4.58. The second-order valence-corrected chi connectivity index (χ2v) is 16.2. The Morgan fingerprint density at radius 2 is 1.57 bits per heavy atom. The third-order valence-corrected chi connectivity index (χ3v) is 10.9. The Labute approximate surface area is 243 Å². The highest BCUT2D eigenvalue weighted by Gasteiger charge is 2.44. The molecular weight excluding hydrogens is 567 g/mol. The summed E-state index contributed by atoms with van der Waals surface area (Å²) in [6.45, 7) is 9.84. The third kappa shape index (κ3) is 6.38. The quantitative estimate of drug-likeness (QED) is 0.290. The van der Waals surface area contributed by atoms with Crippen LogP contribution in [0.1, 0.15) is 46.6 Å². The Bertz CT molecular complexity index is 1600. The molecule has 8 nitrogen and oxygen atoms in total. The topological polar surface area (TPSA) is 104 Å². The summed E-state index contributed by atoms with van der Waals surface area (Å²) >= 11 is 4.48. The van der Waals surface area contributed by atoms with E-state index in [1.165, 1.54) is 18.2 Å². The molecule has 3 aromatic carbocycles. The Kier molecular flexibility index (Phi) is 8.73. The Balaban J connectivity index is 1.63. The first kappa shape index (κ1) is 30.5. The van der Waals surface area contributed by atoms with Crippen LogP contribution in [-0.2, 0) is 30.3 Å². The van der Waals surface area contributed by atoms with Crippen molar-refractivity contribution in [1.29, 1.82) is 0 Å². The minimum Gasteiger partial charge on any atom is -0.274 e. The standard InChI is InChI=1S/C29H37N3O5S3/c1-20(2)18-32(40(36,37)25-14-11-23(12-15-25)29(3,4)5)30-28(33)27-17-24(38)19-31(27)39(34,35)26-13-10-21-8-6-7-9-22(21)16-26/h6-16,20,24,27,38H,17-19H2,1-5H3,(H,30,33)/t24-,27+/m1/s1. The third-order valence-electron chi connectivity index (χ3n) is 6.94. The van der Waals surface area contributed by atoms with Gasteiger partial charge in [0, 0.05) is 18.3 Å². The first-order chi connectivity index (χ1) is 18.6. The van der Waals surface area contributed by atoms with Crippen LogP contribution in [0.5, 0.6) is 0 Å². The molecule has 2 atom stereocenters. The van der Waals surface area contributed by atoms with E-state index in [-0.39, 0.29) is 45.9 Å². The average molecular weight is 604 g/mol. The Morgan fingerprint density at radius 1 is 0.975 bits per heavy atom. The van der Waals surface area contributed by atoms with Gasteiger partial charge < -0.3 is 0 Å². The number of hydrazine groups is 1. The molecular formula is C29H37N3O5S3. The molecule has 0 aromatic heterocycles. The summed E-state index contributed by atoms with van der Waals surface area (Å²) in [5.74, 6) is -0.820. The number of benzene rings is 3. The van der Waals surface area contributed by atoms with Gasteiger partial charge in [0.05, 0.1) is 9.79 Å². The minimum absolute atomic E-state index is 0.0174. The van der Waals surface area contributed by atoms with E-state index in [0.717, 1.165) is 25.1 Å². The predicted molar refractivity (Wildman–Crippen MR) is 161 cm³/mol. The van der Waals surface area contributed by atoms with E-state index in [1.54, 1.807) is 24.3 Å². The lowest BCUT2D eigenvalue weighted by molar-refractivity contribution is -0.127. The van der Waals surface area contributed by atoms with Gasteiger partial charge in [-0.15, -0.1) is 4.41 Å². The van der Waals surface area contributed by atoms with E-state index < -0.39 is 32.0 Å². The van der Waals surface area contributed by atoms with Gasteiger partial charge in [0.25, 0.3) is 15.9 Å². The number of nitrogens with one attached hydrogen (secondary N) is 1. The van der Waals surface area contributed by atoms with Crippen molar-refractivity contribution >= 4 is 49.4 Å². The van der Waals surface area contributed by atoms with Crippen LogP contribution in [0.15, 0.2) is 76.5 Å². The van der Waals surface area contributed by atoms with Gasteiger partial charge in [0.1, 0.15) is 6.04 Å². The molecule has 40 heavy (non-hydrogen) atoms. The first-order valence-corrected chi connectivity index (χ1v) is 16.6. The molecule has 1 aliphatic rings. The van der Waals surface area contributed by atoms with E-state index in [0.29, 0.717) is 0 Å². The van der Waals surface area contributed by atoms with E-state index in [4.69, 9.17) is 0 Å². The molecule has 216 valence electrons. The molecule has 1 fully saturated rings. The highest BCUT2D eigenvalue weighted by atomic mass is 32.2. The second kappa shape index (κ2) is 11.4. The van der Waals surface area contributed by atoms with Gasteiger partial charge in [-0.3, -0.25) is 10.2 Å². The molecule has 4 rings (SSSR count). The molecule has 1 aliphatic heterocycles. The lowest BCUT2D eigenvalue weighted by Crippen LogP contribution is -2.54. The molecule has 1 N–H and O–H groups in total. The van der Waals surface area contributed by atoms with Gasteiger partial charge in [-0.2, -0.15) is 16.9 Å². The number of hydrogen-bond donors (Lipinski definition) is 2. The van der Waals surface area contributed by atoms with Gasteiger partial charge in [-0.1, -0.05) is 77.1 Å². The molecule has 1 saturated heterocycles. The number of carbonyl (C=O) groups excluding carboxylic acids is 1. The number of thiol groups is 1. The molecule has 3 aromatic rings. The number of nitrogens with zero attached hydrogens (tertiary/aromatic N) is 2. The fourth-order valence-corrected chi connectivity index (χ4v) is 8.34. The van der Waals surface area contributed by atoms with Crippen LogP contribution in [0.2, 0.25) is 0 Å². The number of carbonyl (C=O) groups is 1. The fraction of sp³-hybridized carbons (Fsp3) is 0.414. The maximum absolute atomic E-state index is 13.7. The highest BCUT2D eigenvalue weighted by Crippen LogP contribution is 2.31. The first-order valence-electron chi connectivity index (χ1n) is 13.2. The second-order valence-electron chi connectivity index (χ2n) is 11.7. The monoisotopic (exact) mass is 603 g/mol. The molecule has 11 heteroatoms.